The first-order valence-corrected chi connectivity index (χ1v) is 9.93. The maximum Gasteiger partial charge on any atom is 0.229 e. The van der Waals surface area contributed by atoms with Crippen LogP contribution >= 0.6 is 0 Å². The summed E-state index contributed by atoms with van der Waals surface area (Å²) in [5, 5.41) is 13.9. The van der Waals surface area contributed by atoms with Crippen molar-refractivity contribution >= 4 is 11.6 Å². The molecule has 1 spiro atoms. The molecule has 1 saturated carbocycles. The fraction of sp³-hybridized carbons (Fsp3) is 0.571. The highest BCUT2D eigenvalue weighted by atomic mass is 16.6. The van der Waals surface area contributed by atoms with Crippen molar-refractivity contribution in [1.29, 1.82) is 0 Å². The lowest BCUT2D eigenvalue weighted by Gasteiger charge is -2.61. The number of anilines is 1. The molecule has 7 rings (SSSR count). The number of fused-ring (bicyclic) bond motifs is 2. The molecule has 1 aromatic rings. The van der Waals surface area contributed by atoms with Crippen LogP contribution in [0, 0.1) is 17.0 Å². The lowest BCUT2D eigenvalue weighted by atomic mass is 9.53. The third-order valence-corrected chi connectivity index (χ3v) is 8.50. The van der Waals surface area contributed by atoms with Crippen LogP contribution in [0.25, 0.3) is 0 Å². The highest BCUT2D eigenvalue weighted by molar-refractivity contribution is 5.99. The third-order valence-electron chi connectivity index (χ3n) is 8.50. The predicted octanol–water partition coefficient (Wildman–Crippen LogP) is 2.11. The first-order chi connectivity index (χ1) is 12.6. The van der Waals surface area contributed by atoms with Gasteiger partial charge in [-0.3, -0.25) is 4.79 Å². The van der Waals surface area contributed by atoms with Gasteiger partial charge in [0.25, 0.3) is 0 Å². The first-order valence-electron chi connectivity index (χ1n) is 9.93. The van der Waals surface area contributed by atoms with Gasteiger partial charge in [0, 0.05) is 24.4 Å². The van der Waals surface area contributed by atoms with E-state index in [0.29, 0.717) is 38.0 Å². The number of nitrogens with zero attached hydrogens (tertiary/aromatic N) is 2. The maximum absolute atomic E-state index is 13.9. The molecule has 4 fully saturated rings. The van der Waals surface area contributed by atoms with Gasteiger partial charge >= 0.3 is 0 Å². The summed E-state index contributed by atoms with van der Waals surface area (Å²) in [6, 6.07) is 8.58. The number of hydroxylamine groups is 3. The molecule has 5 heteroatoms. The Hall–Kier alpha value is -1.69. The molecule has 5 heterocycles. The van der Waals surface area contributed by atoms with E-state index >= 15 is 0 Å². The molecule has 1 amide bonds. The number of para-hydroxylation sites is 1. The number of ether oxygens (including phenoxy) is 1. The molecule has 1 aromatic carbocycles. The van der Waals surface area contributed by atoms with Gasteiger partial charge in [-0.15, -0.1) is 0 Å². The van der Waals surface area contributed by atoms with Crippen molar-refractivity contribution in [2.75, 3.05) is 24.6 Å². The minimum absolute atomic E-state index is 0.00175. The predicted molar refractivity (Wildman–Crippen MR) is 95.2 cm³/mol. The fourth-order valence-corrected chi connectivity index (χ4v) is 7.77. The molecule has 0 aromatic heterocycles. The van der Waals surface area contributed by atoms with Crippen LogP contribution in [0.4, 0.5) is 5.69 Å². The van der Waals surface area contributed by atoms with E-state index in [1.165, 1.54) is 11.1 Å². The zero-order valence-electron chi connectivity index (χ0n) is 14.6. The smallest absolute Gasteiger partial charge is 0.229 e. The van der Waals surface area contributed by atoms with Crippen LogP contribution < -0.4 is 4.90 Å². The number of hydrogen-bond donors (Lipinski definition) is 0. The zero-order chi connectivity index (χ0) is 17.3. The second-order valence-electron chi connectivity index (χ2n) is 9.14. The largest absolute Gasteiger partial charge is 0.632 e. The van der Waals surface area contributed by atoms with Gasteiger partial charge in [-0.1, -0.05) is 24.3 Å². The monoisotopic (exact) mass is 350 g/mol. The summed E-state index contributed by atoms with van der Waals surface area (Å²) >= 11 is 0. The molecule has 1 aliphatic carbocycles. The van der Waals surface area contributed by atoms with Crippen molar-refractivity contribution in [2.24, 2.45) is 11.8 Å². The number of benzene rings is 1. The molecule has 7 atom stereocenters. The van der Waals surface area contributed by atoms with E-state index < -0.39 is 0 Å². The summed E-state index contributed by atoms with van der Waals surface area (Å²) in [6.45, 7) is 1.87. The third kappa shape index (κ3) is 1.33. The van der Waals surface area contributed by atoms with Gasteiger partial charge in [-0.25, -0.2) is 0 Å². The Morgan fingerprint density at radius 1 is 1.31 bits per heavy atom. The lowest BCUT2D eigenvalue weighted by molar-refractivity contribution is -0.896. The Morgan fingerprint density at radius 2 is 2.19 bits per heavy atom. The molecular weight excluding hydrogens is 328 g/mol. The summed E-state index contributed by atoms with van der Waals surface area (Å²) < 4.78 is 6.10. The second-order valence-corrected chi connectivity index (χ2v) is 9.14. The topological polar surface area (TPSA) is 52.6 Å². The van der Waals surface area contributed by atoms with Gasteiger partial charge in [0.05, 0.1) is 37.1 Å². The highest BCUT2D eigenvalue weighted by Gasteiger charge is 2.74. The molecule has 5 aliphatic heterocycles. The summed E-state index contributed by atoms with van der Waals surface area (Å²) in [6.07, 6.45) is 4.51. The number of rotatable bonds is 0. The standard InChI is InChI=1S/C21H22N2O3/c24-18-10-16-19-13-9-17-21(6-7-23(17,25)11-12(13)5-8-26-16)14-3-1-2-4-15(14)22(18)20(19)21/h1-5,13,16-17,19-20H,6-11H2/t13-,16-,17-,19-,20-,21+,23?/m0/s1. The zero-order valence-corrected chi connectivity index (χ0v) is 14.6. The number of amides is 1. The van der Waals surface area contributed by atoms with Crippen LogP contribution in [0.5, 0.6) is 0 Å². The van der Waals surface area contributed by atoms with Gasteiger partial charge in [-0.05, 0) is 23.1 Å². The molecular formula is C21H22N2O3. The summed E-state index contributed by atoms with van der Waals surface area (Å²) in [5.41, 5.74) is 3.46. The second kappa shape index (κ2) is 4.24. The van der Waals surface area contributed by atoms with E-state index in [2.05, 4.69) is 29.2 Å². The van der Waals surface area contributed by atoms with Crippen molar-refractivity contribution in [3.05, 3.63) is 46.7 Å². The SMILES string of the molecule is O=C1C[C@@H]2OCC=C3C[N+]4([O-])CC[C@]56c7ccccc7N1[C@H]5[C@H]2[C@H]3C[C@@H]64. The maximum atomic E-state index is 13.9. The van der Waals surface area contributed by atoms with Crippen LogP contribution in [0.15, 0.2) is 35.9 Å². The van der Waals surface area contributed by atoms with E-state index in [-0.39, 0.29) is 34.2 Å². The molecule has 0 radical (unpaired) electrons. The summed E-state index contributed by atoms with van der Waals surface area (Å²) in [7, 11) is 0. The van der Waals surface area contributed by atoms with E-state index in [0.717, 1.165) is 18.5 Å². The van der Waals surface area contributed by atoms with Crippen molar-refractivity contribution < 1.29 is 14.2 Å². The van der Waals surface area contributed by atoms with E-state index in [4.69, 9.17) is 4.74 Å². The lowest BCUT2D eigenvalue weighted by Crippen LogP contribution is -2.71. The van der Waals surface area contributed by atoms with Gasteiger partial charge in [0.2, 0.25) is 5.91 Å². The average molecular weight is 350 g/mol. The normalized spacial score (nSPS) is 49.6. The molecule has 1 unspecified atom stereocenters. The molecule has 6 aliphatic rings. The average Bonchev–Trinajstić information content (AvgIpc) is 3.05. The minimum Gasteiger partial charge on any atom is -0.632 e. The Kier molecular flexibility index (Phi) is 2.34. The molecule has 3 saturated heterocycles. The van der Waals surface area contributed by atoms with Crippen molar-refractivity contribution in [3.8, 4) is 0 Å². The summed E-state index contributed by atoms with van der Waals surface area (Å²) in [4.78, 5) is 15.3. The number of hydrogen-bond acceptors (Lipinski definition) is 3. The molecule has 26 heavy (non-hydrogen) atoms. The Labute approximate surface area is 152 Å². The number of carbonyl (C=O) groups excluding carboxylic acids is 1. The minimum atomic E-state index is -0.174. The van der Waals surface area contributed by atoms with Crippen LogP contribution in [-0.4, -0.2) is 48.4 Å². The first kappa shape index (κ1) is 14.4. The van der Waals surface area contributed by atoms with Crippen molar-refractivity contribution in [1.82, 2.24) is 0 Å². The van der Waals surface area contributed by atoms with Gasteiger partial charge in [-0.2, -0.15) is 0 Å². The van der Waals surface area contributed by atoms with E-state index in [1.807, 2.05) is 6.07 Å². The van der Waals surface area contributed by atoms with E-state index in [1.54, 1.807) is 0 Å². The Morgan fingerprint density at radius 3 is 3.12 bits per heavy atom. The fourth-order valence-electron chi connectivity index (χ4n) is 7.77. The quantitative estimate of drug-likeness (QED) is 0.409. The number of carbonyl (C=O) groups is 1. The molecule has 2 bridgehead atoms. The van der Waals surface area contributed by atoms with Crippen molar-refractivity contribution in [2.45, 2.75) is 42.9 Å². The van der Waals surface area contributed by atoms with Crippen LogP contribution in [0.1, 0.15) is 24.8 Å². The van der Waals surface area contributed by atoms with Gasteiger partial charge < -0.3 is 19.5 Å². The number of piperidine rings is 2. The van der Waals surface area contributed by atoms with Crippen molar-refractivity contribution in [3.63, 3.8) is 0 Å². The molecule has 0 N–H and O–H groups in total. The van der Waals surface area contributed by atoms with E-state index in [9.17, 15) is 10.0 Å². The molecule has 134 valence electrons. The van der Waals surface area contributed by atoms with Crippen LogP contribution in [0.3, 0.4) is 0 Å². The number of quaternary nitrogens is 1. The Bertz CT molecular complexity index is 897. The van der Waals surface area contributed by atoms with Crippen LogP contribution in [0.2, 0.25) is 0 Å². The van der Waals surface area contributed by atoms with Crippen LogP contribution in [-0.2, 0) is 14.9 Å². The van der Waals surface area contributed by atoms with Gasteiger partial charge in [0.15, 0.2) is 0 Å². The highest BCUT2D eigenvalue weighted by Crippen LogP contribution is 2.67. The Balaban J connectivity index is 1.56. The van der Waals surface area contributed by atoms with Gasteiger partial charge in [0.1, 0.15) is 12.6 Å². The summed E-state index contributed by atoms with van der Waals surface area (Å²) in [5.74, 6) is 0.922. The molecule has 5 nitrogen and oxygen atoms in total.